The molecule has 1 fully saturated rings. The van der Waals surface area contributed by atoms with Crippen molar-refractivity contribution >= 4 is 17.4 Å². The average Bonchev–Trinajstić information content (AvgIpc) is 2.57. The number of nitrogens with one attached hydrogen (secondary N) is 2. The summed E-state index contributed by atoms with van der Waals surface area (Å²) in [6.07, 6.45) is 2.52. The lowest BCUT2D eigenvalue weighted by atomic mass is 10.00. The highest BCUT2D eigenvalue weighted by Gasteiger charge is 2.15. The Morgan fingerprint density at radius 1 is 1.30 bits per heavy atom. The molecular formula is C18H23ClN4. The van der Waals surface area contributed by atoms with Gasteiger partial charge in [0.2, 0.25) is 0 Å². The number of aryl methyl sites for hydroxylation is 1. The summed E-state index contributed by atoms with van der Waals surface area (Å²) in [6.45, 7) is 7.26. The van der Waals surface area contributed by atoms with E-state index in [0.717, 1.165) is 48.1 Å². The summed E-state index contributed by atoms with van der Waals surface area (Å²) in [5.41, 5.74) is 3.06. The monoisotopic (exact) mass is 330 g/mol. The van der Waals surface area contributed by atoms with Gasteiger partial charge in [0.1, 0.15) is 5.82 Å². The number of hydrogen-bond acceptors (Lipinski definition) is 4. The van der Waals surface area contributed by atoms with Crippen molar-refractivity contribution in [1.29, 1.82) is 0 Å². The van der Waals surface area contributed by atoms with E-state index >= 15 is 0 Å². The number of aromatic nitrogens is 2. The van der Waals surface area contributed by atoms with Crippen LogP contribution in [-0.4, -0.2) is 29.6 Å². The molecule has 2 N–H and O–H groups in total. The number of piperidine rings is 1. The van der Waals surface area contributed by atoms with E-state index in [2.05, 4.69) is 22.5 Å². The van der Waals surface area contributed by atoms with Crippen molar-refractivity contribution in [2.24, 2.45) is 5.92 Å². The molecule has 23 heavy (non-hydrogen) atoms. The Balaban J connectivity index is 1.81. The van der Waals surface area contributed by atoms with Gasteiger partial charge in [-0.15, -0.1) is 0 Å². The van der Waals surface area contributed by atoms with E-state index in [9.17, 15) is 0 Å². The molecular weight excluding hydrogens is 308 g/mol. The normalized spacial score (nSPS) is 18.0. The van der Waals surface area contributed by atoms with Gasteiger partial charge in [-0.25, -0.2) is 9.97 Å². The third kappa shape index (κ3) is 4.01. The zero-order valence-corrected chi connectivity index (χ0v) is 14.5. The second-order valence-corrected chi connectivity index (χ2v) is 6.65. The van der Waals surface area contributed by atoms with E-state index in [1.165, 1.54) is 12.8 Å². The molecule has 0 bridgehead atoms. The van der Waals surface area contributed by atoms with E-state index in [0.29, 0.717) is 10.9 Å². The molecule has 0 amide bonds. The fourth-order valence-corrected chi connectivity index (χ4v) is 3.09. The number of benzene rings is 1. The molecule has 0 saturated carbocycles. The van der Waals surface area contributed by atoms with Gasteiger partial charge in [0.25, 0.3) is 0 Å². The maximum atomic E-state index is 6.09. The minimum Gasteiger partial charge on any atom is -0.369 e. The Morgan fingerprint density at radius 2 is 2.17 bits per heavy atom. The summed E-state index contributed by atoms with van der Waals surface area (Å²) in [5, 5.41) is 7.68. The fourth-order valence-electron chi connectivity index (χ4n) is 2.90. The predicted molar refractivity (Wildman–Crippen MR) is 96.0 cm³/mol. The summed E-state index contributed by atoms with van der Waals surface area (Å²) in [4.78, 5) is 9.35. The van der Waals surface area contributed by atoms with Crippen LogP contribution in [0.2, 0.25) is 5.02 Å². The van der Waals surface area contributed by atoms with Crippen molar-refractivity contribution in [1.82, 2.24) is 15.3 Å². The lowest BCUT2D eigenvalue weighted by molar-refractivity contribution is 0.392. The summed E-state index contributed by atoms with van der Waals surface area (Å²) < 4.78 is 0. The summed E-state index contributed by atoms with van der Waals surface area (Å²) in [7, 11) is 0. The average molecular weight is 331 g/mol. The molecule has 1 aromatic heterocycles. The molecule has 4 nitrogen and oxygen atoms in total. The molecule has 0 aliphatic carbocycles. The van der Waals surface area contributed by atoms with Crippen LogP contribution in [0.1, 0.15) is 24.1 Å². The number of anilines is 1. The highest BCUT2D eigenvalue weighted by molar-refractivity contribution is 6.30. The molecule has 0 spiro atoms. The molecule has 1 atom stereocenters. The van der Waals surface area contributed by atoms with E-state index in [1.807, 2.05) is 31.2 Å². The highest BCUT2D eigenvalue weighted by Crippen LogP contribution is 2.24. The molecule has 2 heterocycles. The lowest BCUT2D eigenvalue weighted by Gasteiger charge is -2.23. The van der Waals surface area contributed by atoms with Crippen LogP contribution < -0.4 is 10.6 Å². The first-order chi connectivity index (χ1) is 11.1. The van der Waals surface area contributed by atoms with Crippen molar-refractivity contribution in [3.8, 4) is 11.4 Å². The van der Waals surface area contributed by atoms with Gasteiger partial charge in [0.15, 0.2) is 5.82 Å². The van der Waals surface area contributed by atoms with Crippen molar-refractivity contribution in [3.05, 3.63) is 40.5 Å². The number of halogens is 1. The number of rotatable bonds is 4. The van der Waals surface area contributed by atoms with Crippen LogP contribution in [0.25, 0.3) is 11.4 Å². The van der Waals surface area contributed by atoms with Crippen LogP contribution in [0.5, 0.6) is 0 Å². The van der Waals surface area contributed by atoms with Crippen molar-refractivity contribution in [3.63, 3.8) is 0 Å². The SMILES string of the molecule is Cc1nc(-c2cccc(Cl)c2)nc(NCC2CCCNC2)c1C. The Bertz CT molecular complexity index is 681. The first-order valence-electron chi connectivity index (χ1n) is 8.19. The second kappa shape index (κ2) is 7.28. The van der Waals surface area contributed by atoms with E-state index in [4.69, 9.17) is 16.6 Å². The van der Waals surface area contributed by atoms with Crippen LogP contribution >= 0.6 is 11.6 Å². The van der Waals surface area contributed by atoms with Crippen LogP contribution in [0.4, 0.5) is 5.82 Å². The zero-order valence-electron chi connectivity index (χ0n) is 13.7. The first kappa shape index (κ1) is 16.2. The van der Waals surface area contributed by atoms with Crippen LogP contribution in [0.3, 0.4) is 0 Å². The Kier molecular flexibility index (Phi) is 5.13. The molecule has 122 valence electrons. The Hall–Kier alpha value is -1.65. The molecule has 1 saturated heterocycles. The van der Waals surface area contributed by atoms with Gasteiger partial charge in [0.05, 0.1) is 0 Å². The fraction of sp³-hybridized carbons (Fsp3) is 0.444. The summed E-state index contributed by atoms with van der Waals surface area (Å²) in [5.74, 6) is 2.31. The molecule has 2 aromatic rings. The topological polar surface area (TPSA) is 49.8 Å². The minimum atomic E-state index is 0.660. The third-order valence-corrected chi connectivity index (χ3v) is 4.66. The van der Waals surface area contributed by atoms with Crippen LogP contribution in [-0.2, 0) is 0 Å². The third-order valence-electron chi connectivity index (χ3n) is 4.43. The number of nitrogens with zero attached hydrogens (tertiary/aromatic N) is 2. The van der Waals surface area contributed by atoms with Gasteiger partial charge < -0.3 is 10.6 Å². The van der Waals surface area contributed by atoms with Gasteiger partial charge in [-0.05, 0) is 57.8 Å². The van der Waals surface area contributed by atoms with Gasteiger partial charge in [-0.2, -0.15) is 0 Å². The highest BCUT2D eigenvalue weighted by atomic mass is 35.5. The smallest absolute Gasteiger partial charge is 0.161 e. The molecule has 1 aromatic carbocycles. The van der Waals surface area contributed by atoms with Crippen molar-refractivity contribution < 1.29 is 0 Å². The maximum Gasteiger partial charge on any atom is 0.161 e. The van der Waals surface area contributed by atoms with E-state index in [-0.39, 0.29) is 0 Å². The van der Waals surface area contributed by atoms with Crippen LogP contribution in [0, 0.1) is 19.8 Å². The van der Waals surface area contributed by atoms with Crippen LogP contribution in [0.15, 0.2) is 24.3 Å². The van der Waals surface area contributed by atoms with Gasteiger partial charge in [-0.3, -0.25) is 0 Å². The van der Waals surface area contributed by atoms with E-state index < -0.39 is 0 Å². The standard InChI is InChI=1S/C18H23ClN4/c1-12-13(2)22-18(15-6-3-7-16(19)9-15)23-17(12)21-11-14-5-4-8-20-10-14/h3,6-7,9,14,20H,4-5,8,10-11H2,1-2H3,(H,21,22,23). The van der Waals surface area contributed by atoms with Gasteiger partial charge in [0, 0.05) is 28.4 Å². The van der Waals surface area contributed by atoms with Gasteiger partial charge >= 0.3 is 0 Å². The molecule has 1 aliphatic rings. The van der Waals surface area contributed by atoms with Gasteiger partial charge in [-0.1, -0.05) is 23.7 Å². The van der Waals surface area contributed by atoms with Crippen molar-refractivity contribution in [2.75, 3.05) is 25.0 Å². The van der Waals surface area contributed by atoms with Crippen molar-refractivity contribution in [2.45, 2.75) is 26.7 Å². The maximum absolute atomic E-state index is 6.09. The second-order valence-electron chi connectivity index (χ2n) is 6.21. The zero-order chi connectivity index (χ0) is 16.2. The van der Waals surface area contributed by atoms with E-state index in [1.54, 1.807) is 0 Å². The lowest BCUT2D eigenvalue weighted by Crippen LogP contribution is -2.33. The molecule has 5 heteroatoms. The molecule has 3 rings (SSSR count). The summed E-state index contributed by atoms with van der Waals surface area (Å²) >= 11 is 6.09. The summed E-state index contributed by atoms with van der Waals surface area (Å²) in [6, 6.07) is 7.68. The molecule has 1 unspecified atom stereocenters. The predicted octanol–water partition coefficient (Wildman–Crippen LogP) is 3.83. The Labute approximate surface area is 142 Å². The largest absolute Gasteiger partial charge is 0.369 e. The number of hydrogen-bond donors (Lipinski definition) is 2. The Morgan fingerprint density at radius 3 is 2.91 bits per heavy atom. The quantitative estimate of drug-likeness (QED) is 0.894. The molecule has 1 aliphatic heterocycles. The first-order valence-corrected chi connectivity index (χ1v) is 8.57. The molecule has 0 radical (unpaired) electrons. The minimum absolute atomic E-state index is 0.660.